The molecule has 0 spiro atoms. The van der Waals surface area contributed by atoms with Gasteiger partial charge in [-0.05, 0) is 37.7 Å². The Bertz CT molecular complexity index is 1130. The van der Waals surface area contributed by atoms with Crippen molar-refractivity contribution in [2.45, 2.75) is 32.1 Å². The van der Waals surface area contributed by atoms with Crippen molar-refractivity contribution in [3.05, 3.63) is 36.0 Å². The minimum atomic E-state index is -0.768. The number of hydrogen-bond acceptors (Lipinski definition) is 6. The van der Waals surface area contributed by atoms with Gasteiger partial charge in [0.15, 0.2) is 11.6 Å². The van der Waals surface area contributed by atoms with Crippen LogP contribution in [0, 0.1) is 11.7 Å². The molecule has 0 atom stereocenters. The van der Waals surface area contributed by atoms with Crippen LogP contribution in [0.1, 0.15) is 42.5 Å². The summed E-state index contributed by atoms with van der Waals surface area (Å²) in [4.78, 5) is 24.5. The van der Waals surface area contributed by atoms with Crippen LogP contribution in [-0.2, 0) is 0 Å². The molecule has 3 N–H and O–H groups in total. The van der Waals surface area contributed by atoms with E-state index < -0.39 is 11.6 Å². The number of ether oxygens (including phenoxy) is 1. The van der Waals surface area contributed by atoms with Crippen LogP contribution in [0.3, 0.4) is 0 Å². The number of phenols is 1. The van der Waals surface area contributed by atoms with Crippen LogP contribution in [0.25, 0.3) is 22.3 Å². The molecular weight excluding hydrogens is 437 g/mol. The quantitative estimate of drug-likeness (QED) is 0.515. The summed E-state index contributed by atoms with van der Waals surface area (Å²) in [6.45, 7) is 2.14. The van der Waals surface area contributed by atoms with Crippen molar-refractivity contribution < 1.29 is 19.0 Å². The van der Waals surface area contributed by atoms with Gasteiger partial charge in [0.25, 0.3) is 5.91 Å². The first-order valence-electron chi connectivity index (χ1n) is 10.6. The predicted octanol–water partition coefficient (Wildman–Crippen LogP) is 3.81. The molecule has 1 saturated heterocycles. The number of halogens is 2. The highest BCUT2D eigenvalue weighted by atomic mass is 35.5. The molecular formula is C22H25ClFN5O3. The maximum absolute atomic E-state index is 14.2. The Balaban J connectivity index is 0.00000245. The van der Waals surface area contributed by atoms with Crippen LogP contribution in [0.15, 0.2) is 24.7 Å². The number of H-pyrrole nitrogens is 1. The van der Waals surface area contributed by atoms with Gasteiger partial charge in [-0.3, -0.25) is 10.2 Å². The summed E-state index contributed by atoms with van der Waals surface area (Å²) in [5, 5.41) is 11.8. The number of carbonyl (C=O) groups excluding carboxylic acids is 1. The minimum Gasteiger partial charge on any atom is -0.505 e. The number of aromatic nitrogens is 3. The number of nitrogens with one attached hydrogen (secondary N) is 2. The lowest BCUT2D eigenvalue weighted by Crippen LogP contribution is -2.45. The third-order valence-electron chi connectivity index (χ3n) is 5.80. The summed E-state index contributed by atoms with van der Waals surface area (Å²) < 4.78 is 20.1. The van der Waals surface area contributed by atoms with Gasteiger partial charge in [0, 0.05) is 30.9 Å². The molecule has 1 amide bonds. The third kappa shape index (κ3) is 4.49. The van der Waals surface area contributed by atoms with Crippen LogP contribution >= 0.6 is 12.4 Å². The lowest BCUT2D eigenvalue weighted by Gasteiger charge is -2.26. The zero-order chi connectivity index (χ0) is 21.4. The van der Waals surface area contributed by atoms with Gasteiger partial charge in [0.05, 0.1) is 17.7 Å². The molecule has 32 heavy (non-hydrogen) atoms. The number of carbonyl (C=O) groups is 1. The van der Waals surface area contributed by atoms with Crippen molar-refractivity contribution in [2.75, 3.05) is 19.7 Å². The Hall–Kier alpha value is -2.91. The second-order valence-corrected chi connectivity index (χ2v) is 8.19. The van der Waals surface area contributed by atoms with Crippen molar-refractivity contribution in [3.8, 4) is 22.8 Å². The zero-order valence-electron chi connectivity index (χ0n) is 17.4. The van der Waals surface area contributed by atoms with E-state index in [1.807, 2.05) is 5.01 Å². The molecule has 0 unspecified atom stereocenters. The number of phenolic OH excluding ortho intramolecular Hbond substituents is 1. The van der Waals surface area contributed by atoms with Crippen LogP contribution < -0.4 is 10.2 Å². The molecule has 2 aromatic heterocycles. The first-order valence-corrected chi connectivity index (χ1v) is 10.6. The topological polar surface area (TPSA) is 103 Å². The van der Waals surface area contributed by atoms with Crippen LogP contribution in [-0.4, -0.2) is 50.7 Å². The lowest BCUT2D eigenvalue weighted by molar-refractivity contribution is 0.0751. The number of aromatic hydroxyl groups is 1. The first kappa shape index (κ1) is 22.3. The predicted molar refractivity (Wildman–Crippen MR) is 119 cm³/mol. The van der Waals surface area contributed by atoms with Crippen molar-refractivity contribution >= 4 is 29.3 Å². The molecule has 170 valence electrons. The lowest BCUT2D eigenvalue weighted by atomic mass is 10.1. The van der Waals surface area contributed by atoms with Crippen LogP contribution in [0.2, 0.25) is 0 Å². The molecule has 0 radical (unpaired) electrons. The summed E-state index contributed by atoms with van der Waals surface area (Å²) in [6.07, 6.45) is 8.42. The van der Waals surface area contributed by atoms with Crippen LogP contribution in [0.4, 0.5) is 4.39 Å². The molecule has 5 rings (SSSR count). The van der Waals surface area contributed by atoms with E-state index in [0.29, 0.717) is 46.1 Å². The zero-order valence-corrected chi connectivity index (χ0v) is 18.3. The maximum Gasteiger partial charge on any atom is 0.269 e. The Morgan fingerprint density at radius 3 is 2.78 bits per heavy atom. The Kier molecular flexibility index (Phi) is 6.48. The van der Waals surface area contributed by atoms with Crippen molar-refractivity contribution in [2.24, 2.45) is 5.92 Å². The van der Waals surface area contributed by atoms with E-state index in [0.717, 1.165) is 38.8 Å². The summed E-state index contributed by atoms with van der Waals surface area (Å²) in [6, 6.07) is 2.47. The van der Waals surface area contributed by atoms with Gasteiger partial charge in [-0.2, -0.15) is 0 Å². The monoisotopic (exact) mass is 461 g/mol. The average molecular weight is 462 g/mol. The van der Waals surface area contributed by atoms with E-state index in [2.05, 4.69) is 20.4 Å². The minimum absolute atomic E-state index is 0. The number of amides is 1. The Morgan fingerprint density at radius 1 is 1.25 bits per heavy atom. The molecule has 1 aliphatic heterocycles. The molecule has 2 aliphatic rings. The van der Waals surface area contributed by atoms with E-state index >= 15 is 0 Å². The number of hydrogen-bond donors (Lipinski definition) is 3. The van der Waals surface area contributed by atoms with Gasteiger partial charge in [-0.1, -0.05) is 6.42 Å². The van der Waals surface area contributed by atoms with Gasteiger partial charge in [0.2, 0.25) is 0 Å². The van der Waals surface area contributed by atoms with Crippen LogP contribution in [0.5, 0.6) is 11.5 Å². The van der Waals surface area contributed by atoms with Gasteiger partial charge in [-0.15, -0.1) is 12.4 Å². The van der Waals surface area contributed by atoms with E-state index in [4.69, 9.17) is 4.74 Å². The highest BCUT2D eigenvalue weighted by molar-refractivity contribution is 6.07. The standard InChI is InChI=1S/C22H24FN5O3.ClH/c23-16-8-14(18(9-17(16)29)31-11-13-4-5-13)19-21-20(26-12-25-19)15(10-24-21)22(30)27-28-6-2-1-3-7-28;/h8-10,12-13,24,29H,1-7,11H2,(H,27,30);1H. The number of fused-ring (bicyclic) bond motifs is 1. The molecule has 0 bridgehead atoms. The summed E-state index contributed by atoms with van der Waals surface area (Å²) >= 11 is 0. The van der Waals surface area contributed by atoms with E-state index in [1.165, 1.54) is 24.9 Å². The fraction of sp³-hybridized carbons (Fsp3) is 0.409. The van der Waals surface area contributed by atoms with Crippen molar-refractivity contribution in [1.29, 1.82) is 0 Å². The maximum atomic E-state index is 14.2. The molecule has 2 fully saturated rings. The average Bonchev–Trinajstić information content (AvgIpc) is 3.50. The van der Waals surface area contributed by atoms with E-state index in [-0.39, 0.29) is 18.3 Å². The molecule has 1 saturated carbocycles. The third-order valence-corrected chi connectivity index (χ3v) is 5.80. The number of piperidine rings is 1. The summed E-state index contributed by atoms with van der Waals surface area (Å²) in [5.74, 6) is -0.663. The van der Waals surface area contributed by atoms with Gasteiger partial charge in [0.1, 0.15) is 23.3 Å². The number of benzene rings is 1. The first-order chi connectivity index (χ1) is 15.1. The normalized spacial score (nSPS) is 16.5. The molecule has 1 aromatic carbocycles. The fourth-order valence-electron chi connectivity index (χ4n) is 3.87. The Morgan fingerprint density at radius 2 is 2.03 bits per heavy atom. The highest BCUT2D eigenvalue weighted by Gasteiger charge is 2.25. The van der Waals surface area contributed by atoms with E-state index in [1.54, 1.807) is 6.20 Å². The van der Waals surface area contributed by atoms with Gasteiger partial charge < -0.3 is 14.8 Å². The molecule has 8 nitrogen and oxygen atoms in total. The second kappa shape index (κ2) is 9.30. The SMILES string of the molecule is Cl.O=C(NN1CCCCC1)c1c[nH]c2c(-c3cc(F)c(O)cc3OCC3CC3)ncnc12. The molecule has 3 aromatic rings. The molecule has 1 aliphatic carbocycles. The number of rotatable bonds is 6. The van der Waals surface area contributed by atoms with Gasteiger partial charge >= 0.3 is 0 Å². The highest BCUT2D eigenvalue weighted by Crippen LogP contribution is 2.38. The Labute approximate surface area is 190 Å². The number of aromatic amines is 1. The summed E-state index contributed by atoms with van der Waals surface area (Å²) in [5.41, 5.74) is 5.09. The fourth-order valence-corrected chi connectivity index (χ4v) is 3.87. The largest absolute Gasteiger partial charge is 0.505 e. The number of nitrogens with zero attached hydrogens (tertiary/aromatic N) is 3. The molecule has 3 heterocycles. The smallest absolute Gasteiger partial charge is 0.269 e. The molecule has 10 heteroatoms. The number of hydrazine groups is 1. The van der Waals surface area contributed by atoms with Crippen molar-refractivity contribution in [1.82, 2.24) is 25.4 Å². The second-order valence-electron chi connectivity index (χ2n) is 8.19. The van der Waals surface area contributed by atoms with Gasteiger partial charge in [-0.25, -0.2) is 19.4 Å². The van der Waals surface area contributed by atoms with Crippen molar-refractivity contribution in [3.63, 3.8) is 0 Å². The van der Waals surface area contributed by atoms with E-state index in [9.17, 15) is 14.3 Å². The summed E-state index contributed by atoms with van der Waals surface area (Å²) in [7, 11) is 0.